The molecule has 1 saturated carbocycles. The number of rotatable bonds is 9. The number of benzene rings is 1. The zero-order valence-corrected chi connectivity index (χ0v) is 28.6. The average molecular weight is 724 g/mol. The van der Waals surface area contributed by atoms with Crippen LogP contribution in [0.15, 0.2) is 49.2 Å². The number of amides is 1. The van der Waals surface area contributed by atoms with Crippen molar-refractivity contribution < 1.29 is 46.5 Å². The lowest BCUT2D eigenvalue weighted by molar-refractivity contribution is -0.204. The quantitative estimate of drug-likeness (QED) is 0.185. The fourth-order valence-electron chi connectivity index (χ4n) is 6.89. The Morgan fingerprint density at radius 1 is 1.15 bits per heavy atom. The second-order valence-corrected chi connectivity index (χ2v) is 12.7. The van der Waals surface area contributed by atoms with Crippen LogP contribution >= 0.6 is 0 Å². The number of ether oxygens (including phenoxy) is 4. The van der Waals surface area contributed by atoms with Crippen LogP contribution in [0.3, 0.4) is 0 Å². The van der Waals surface area contributed by atoms with Crippen molar-refractivity contribution in [2.45, 2.75) is 82.6 Å². The van der Waals surface area contributed by atoms with E-state index in [1.807, 2.05) is 6.20 Å². The lowest BCUT2D eigenvalue weighted by atomic mass is 9.96. The number of nitrogens with zero attached hydrogens (tertiary/aromatic N) is 7. The van der Waals surface area contributed by atoms with Gasteiger partial charge in [0.25, 0.3) is 0 Å². The molecule has 3 aromatic heterocycles. The summed E-state index contributed by atoms with van der Waals surface area (Å²) in [7, 11) is 2.43. The minimum atomic E-state index is -4.76. The number of halogens is 3. The molecule has 274 valence electrons. The summed E-state index contributed by atoms with van der Waals surface area (Å²) >= 11 is 0. The number of fused-ring (bicyclic) bond motifs is 1. The van der Waals surface area contributed by atoms with Crippen LogP contribution in [0.5, 0.6) is 5.75 Å². The molecule has 1 aliphatic carbocycles. The number of aromatic nitrogens is 5. The summed E-state index contributed by atoms with van der Waals surface area (Å²) in [5.74, 6) is -1.20. The maximum Gasteiger partial charge on any atom is 0.416 e. The lowest BCUT2D eigenvalue weighted by Crippen LogP contribution is -2.44. The first-order valence-corrected chi connectivity index (χ1v) is 16.7. The zero-order chi connectivity index (χ0) is 37.2. The summed E-state index contributed by atoms with van der Waals surface area (Å²) in [5.41, 5.74) is 0.00289. The summed E-state index contributed by atoms with van der Waals surface area (Å²) in [6.07, 6.45) is 2.67. The molecule has 4 aromatic rings. The van der Waals surface area contributed by atoms with E-state index in [4.69, 9.17) is 18.9 Å². The molecule has 0 radical (unpaired) electrons. The number of methoxy groups -OCH3 is 1. The van der Waals surface area contributed by atoms with Gasteiger partial charge in [0.05, 0.1) is 48.8 Å². The van der Waals surface area contributed by atoms with Crippen LogP contribution < -0.4 is 9.64 Å². The highest BCUT2D eigenvalue weighted by Gasteiger charge is 2.39. The van der Waals surface area contributed by atoms with Crippen LogP contribution in [-0.4, -0.2) is 74.9 Å². The predicted molar refractivity (Wildman–Crippen MR) is 177 cm³/mol. The number of anilines is 1. The van der Waals surface area contributed by atoms with Gasteiger partial charge in [-0.2, -0.15) is 23.5 Å². The van der Waals surface area contributed by atoms with Crippen molar-refractivity contribution >= 4 is 34.7 Å². The number of hydrogen-bond acceptors (Lipinski definition) is 11. The van der Waals surface area contributed by atoms with Gasteiger partial charge in [-0.1, -0.05) is 12.8 Å². The molecule has 6 rings (SSSR count). The fourth-order valence-corrected chi connectivity index (χ4v) is 6.89. The van der Waals surface area contributed by atoms with Crippen LogP contribution in [0.1, 0.15) is 63.5 Å². The van der Waals surface area contributed by atoms with E-state index in [0.29, 0.717) is 29.0 Å². The molecule has 1 saturated heterocycles. The molecule has 1 aliphatic heterocycles. The summed E-state index contributed by atoms with van der Waals surface area (Å²) in [5, 5.41) is 14.5. The first-order valence-electron chi connectivity index (χ1n) is 16.7. The van der Waals surface area contributed by atoms with Crippen LogP contribution in [0.4, 0.5) is 23.7 Å². The van der Waals surface area contributed by atoms with E-state index in [9.17, 15) is 32.8 Å². The van der Waals surface area contributed by atoms with Gasteiger partial charge in [0.2, 0.25) is 6.29 Å². The Hall–Kier alpha value is -5.50. The molecular formula is C35H36F3N7O7. The monoisotopic (exact) mass is 723 g/mol. The maximum absolute atomic E-state index is 14.0. The summed E-state index contributed by atoms with van der Waals surface area (Å²) in [6, 6.07) is 5.64. The highest BCUT2D eigenvalue weighted by Crippen LogP contribution is 2.40. The van der Waals surface area contributed by atoms with E-state index in [-0.39, 0.29) is 36.0 Å². The Bertz CT molecular complexity index is 2000. The van der Waals surface area contributed by atoms with Crippen molar-refractivity contribution in [1.82, 2.24) is 24.3 Å². The highest BCUT2D eigenvalue weighted by atomic mass is 19.4. The van der Waals surface area contributed by atoms with Gasteiger partial charge in [-0.25, -0.2) is 19.6 Å². The Labute approximate surface area is 296 Å². The van der Waals surface area contributed by atoms with E-state index in [1.54, 1.807) is 16.9 Å². The first kappa shape index (κ1) is 36.3. The summed E-state index contributed by atoms with van der Waals surface area (Å²) < 4.78 is 66.5. The van der Waals surface area contributed by atoms with Crippen molar-refractivity contribution in [3.63, 3.8) is 0 Å². The van der Waals surface area contributed by atoms with Crippen molar-refractivity contribution in [3.8, 4) is 23.1 Å². The molecule has 1 aromatic carbocycles. The highest BCUT2D eigenvalue weighted by molar-refractivity contribution is 6.02. The molecule has 17 heteroatoms. The molecule has 2 aliphatic rings. The molecule has 0 N–H and O–H groups in total. The Morgan fingerprint density at radius 3 is 2.62 bits per heavy atom. The van der Waals surface area contributed by atoms with Gasteiger partial charge in [0.1, 0.15) is 18.2 Å². The number of carbonyl (C=O) groups excluding carboxylic acids is 3. The minimum absolute atomic E-state index is 0.0172. The van der Waals surface area contributed by atoms with Gasteiger partial charge in [0.15, 0.2) is 11.8 Å². The van der Waals surface area contributed by atoms with Gasteiger partial charge in [-0.05, 0) is 43.0 Å². The Balaban J connectivity index is 1.31. The lowest BCUT2D eigenvalue weighted by Gasteiger charge is -2.34. The van der Waals surface area contributed by atoms with Crippen molar-refractivity contribution in [2.24, 2.45) is 5.92 Å². The SMILES string of the molecule is COC(=O)[C@@H]1C[C@H](OC(C)=O)C[C@H](Oc2ccc(C(F)(F)F)cc2N(C)C(=O)n2ccc3c(-c4cnn([C@H](CC#N)C5CCCC5)c4)ncnc32)O1. The number of esters is 2. The minimum Gasteiger partial charge on any atom is -0.467 e. The standard InChI is InChI=1S/C35H36F3N7O7/c1-20(46)50-24-15-29(33(47)49-3)52-30(16-24)51-28-9-8-23(35(36,37)38)14-27(28)43(2)34(48)44-13-11-25-31(40-19-41-32(25)44)22-17-42-45(18-22)26(10-12-39)21-6-4-5-7-21/h8-9,11,13-14,17-19,21,24,26,29-30H,4-7,10,15-16H2,1-3H3/t24-,26+,29-,30+/m0/s1. The molecule has 52 heavy (non-hydrogen) atoms. The number of nitriles is 1. The second kappa shape index (κ2) is 15.0. The van der Waals surface area contributed by atoms with Gasteiger partial charge >= 0.3 is 24.1 Å². The largest absolute Gasteiger partial charge is 0.467 e. The van der Waals surface area contributed by atoms with Crippen molar-refractivity contribution in [2.75, 3.05) is 19.1 Å². The summed E-state index contributed by atoms with van der Waals surface area (Å²) in [4.78, 5) is 47.8. The smallest absolute Gasteiger partial charge is 0.416 e. The molecule has 4 heterocycles. The third-order valence-electron chi connectivity index (χ3n) is 9.38. The number of carbonyl (C=O) groups is 3. The van der Waals surface area contributed by atoms with E-state index < -0.39 is 48.2 Å². The summed E-state index contributed by atoms with van der Waals surface area (Å²) in [6.45, 7) is 1.20. The Morgan fingerprint density at radius 2 is 1.92 bits per heavy atom. The van der Waals surface area contributed by atoms with E-state index >= 15 is 0 Å². The van der Waals surface area contributed by atoms with Crippen LogP contribution in [-0.2, 0) is 30.0 Å². The van der Waals surface area contributed by atoms with Gasteiger partial charge < -0.3 is 18.9 Å². The molecule has 0 unspecified atom stereocenters. The van der Waals surface area contributed by atoms with Crippen LogP contribution in [0.25, 0.3) is 22.3 Å². The normalized spacial score (nSPS) is 19.9. The average Bonchev–Trinajstić information content (AvgIpc) is 3.91. The number of alkyl halides is 3. The Kier molecular flexibility index (Phi) is 10.5. The molecule has 0 bridgehead atoms. The predicted octanol–water partition coefficient (Wildman–Crippen LogP) is 6.05. The van der Waals surface area contributed by atoms with Crippen molar-refractivity contribution in [3.05, 3.63) is 54.7 Å². The molecule has 4 atom stereocenters. The third-order valence-corrected chi connectivity index (χ3v) is 9.38. The molecule has 0 spiro atoms. The van der Waals surface area contributed by atoms with Gasteiger partial charge in [-0.15, -0.1) is 0 Å². The van der Waals surface area contributed by atoms with Gasteiger partial charge in [0, 0.05) is 50.2 Å². The topological polar surface area (TPSA) is 164 Å². The zero-order valence-electron chi connectivity index (χ0n) is 28.6. The van der Waals surface area contributed by atoms with E-state index in [1.165, 1.54) is 31.1 Å². The molecule has 1 amide bonds. The van der Waals surface area contributed by atoms with Crippen LogP contribution in [0, 0.1) is 17.2 Å². The molecule has 2 fully saturated rings. The van der Waals surface area contributed by atoms with Crippen LogP contribution in [0.2, 0.25) is 0 Å². The van der Waals surface area contributed by atoms with Crippen molar-refractivity contribution in [1.29, 1.82) is 5.26 Å². The third kappa shape index (κ3) is 7.57. The van der Waals surface area contributed by atoms with E-state index in [2.05, 4.69) is 21.1 Å². The van der Waals surface area contributed by atoms with Gasteiger partial charge in [-0.3, -0.25) is 18.9 Å². The fraction of sp³-hybridized carbons (Fsp3) is 0.457. The molecule has 14 nitrogen and oxygen atoms in total. The first-order chi connectivity index (χ1) is 24.9. The van der Waals surface area contributed by atoms with E-state index in [0.717, 1.165) is 55.9 Å². The second-order valence-electron chi connectivity index (χ2n) is 12.7. The maximum atomic E-state index is 14.0. The molecular weight excluding hydrogens is 687 g/mol. The number of hydrogen-bond donors (Lipinski definition) is 0.